The Morgan fingerprint density at radius 1 is 1.33 bits per heavy atom. The van der Waals surface area contributed by atoms with Gasteiger partial charge in [0.05, 0.1) is 11.5 Å². The van der Waals surface area contributed by atoms with E-state index in [1.165, 1.54) is 45.3 Å². The van der Waals surface area contributed by atoms with E-state index in [4.69, 9.17) is 5.26 Å². The summed E-state index contributed by atoms with van der Waals surface area (Å²) in [5, 5.41) is 12.4. The van der Waals surface area contributed by atoms with Crippen LogP contribution in [0.15, 0.2) is 0 Å². The standard InChI is InChI=1S/C15H29N3/c1-4-10-18(14-7-9-17-12-14)11-6-5-8-15(2,3)13-16/h14,17H,4-12H2,1-3H3. The first-order valence-corrected chi connectivity index (χ1v) is 7.45. The van der Waals surface area contributed by atoms with Gasteiger partial charge in [-0.3, -0.25) is 4.90 Å². The monoisotopic (exact) mass is 251 g/mol. The first kappa shape index (κ1) is 15.5. The van der Waals surface area contributed by atoms with Gasteiger partial charge >= 0.3 is 0 Å². The zero-order chi connectivity index (χ0) is 13.4. The van der Waals surface area contributed by atoms with Gasteiger partial charge in [0.1, 0.15) is 0 Å². The van der Waals surface area contributed by atoms with Gasteiger partial charge in [0, 0.05) is 12.6 Å². The summed E-state index contributed by atoms with van der Waals surface area (Å²) >= 11 is 0. The first-order chi connectivity index (χ1) is 8.59. The molecule has 0 amide bonds. The average Bonchev–Trinajstić information content (AvgIpc) is 2.87. The lowest BCUT2D eigenvalue weighted by Gasteiger charge is -2.28. The maximum Gasteiger partial charge on any atom is 0.0683 e. The Labute approximate surface area is 113 Å². The number of hydrogen-bond acceptors (Lipinski definition) is 3. The Kier molecular flexibility index (Phi) is 6.67. The fourth-order valence-corrected chi connectivity index (χ4v) is 2.65. The zero-order valence-electron chi connectivity index (χ0n) is 12.3. The molecule has 1 saturated heterocycles. The van der Waals surface area contributed by atoms with Gasteiger partial charge in [-0.1, -0.05) is 13.3 Å². The van der Waals surface area contributed by atoms with Crippen molar-refractivity contribution in [2.45, 2.75) is 58.9 Å². The van der Waals surface area contributed by atoms with Crippen molar-refractivity contribution in [1.82, 2.24) is 10.2 Å². The van der Waals surface area contributed by atoms with E-state index in [0.29, 0.717) is 0 Å². The van der Waals surface area contributed by atoms with E-state index in [-0.39, 0.29) is 5.41 Å². The van der Waals surface area contributed by atoms with Crippen LogP contribution >= 0.6 is 0 Å². The molecule has 0 radical (unpaired) electrons. The molecule has 0 aromatic rings. The normalized spacial score (nSPS) is 20.3. The number of nitrogens with one attached hydrogen (secondary N) is 1. The summed E-state index contributed by atoms with van der Waals surface area (Å²) in [7, 11) is 0. The van der Waals surface area contributed by atoms with Crippen molar-refractivity contribution < 1.29 is 0 Å². The molecule has 0 aromatic heterocycles. The van der Waals surface area contributed by atoms with Crippen LogP contribution in [0.4, 0.5) is 0 Å². The van der Waals surface area contributed by atoms with E-state index in [1.807, 2.05) is 13.8 Å². The summed E-state index contributed by atoms with van der Waals surface area (Å²) in [6.07, 6.45) is 5.94. The highest BCUT2D eigenvalue weighted by atomic mass is 15.2. The molecule has 1 atom stereocenters. The van der Waals surface area contributed by atoms with E-state index >= 15 is 0 Å². The van der Waals surface area contributed by atoms with Gasteiger partial charge in [-0.05, 0) is 59.2 Å². The van der Waals surface area contributed by atoms with Crippen LogP contribution in [-0.2, 0) is 0 Å². The van der Waals surface area contributed by atoms with Crippen LogP contribution in [0.25, 0.3) is 0 Å². The van der Waals surface area contributed by atoms with Crippen LogP contribution in [0.3, 0.4) is 0 Å². The van der Waals surface area contributed by atoms with Gasteiger partial charge in [0.15, 0.2) is 0 Å². The van der Waals surface area contributed by atoms with E-state index in [2.05, 4.69) is 23.2 Å². The van der Waals surface area contributed by atoms with Gasteiger partial charge in [-0.15, -0.1) is 0 Å². The molecule has 1 fully saturated rings. The highest BCUT2D eigenvalue weighted by Gasteiger charge is 2.21. The maximum absolute atomic E-state index is 8.99. The van der Waals surface area contributed by atoms with Crippen molar-refractivity contribution in [2.24, 2.45) is 5.41 Å². The third-order valence-corrected chi connectivity index (χ3v) is 3.86. The van der Waals surface area contributed by atoms with Crippen molar-refractivity contribution in [3.05, 3.63) is 0 Å². The van der Waals surface area contributed by atoms with Gasteiger partial charge in [0.2, 0.25) is 0 Å². The molecule has 1 rings (SSSR count). The number of nitrogens with zero attached hydrogens (tertiary/aromatic N) is 2. The minimum atomic E-state index is -0.148. The highest BCUT2D eigenvalue weighted by Crippen LogP contribution is 2.22. The lowest BCUT2D eigenvalue weighted by molar-refractivity contribution is 0.201. The molecule has 0 saturated carbocycles. The second kappa shape index (κ2) is 7.76. The molecule has 0 bridgehead atoms. The predicted molar refractivity (Wildman–Crippen MR) is 76.4 cm³/mol. The average molecular weight is 251 g/mol. The Bertz CT molecular complexity index is 261. The van der Waals surface area contributed by atoms with E-state index in [1.54, 1.807) is 0 Å². The summed E-state index contributed by atoms with van der Waals surface area (Å²) in [6.45, 7) is 11.1. The van der Waals surface area contributed by atoms with E-state index in [0.717, 1.165) is 19.0 Å². The molecule has 3 nitrogen and oxygen atoms in total. The van der Waals surface area contributed by atoms with Crippen LogP contribution in [-0.4, -0.2) is 37.1 Å². The lowest BCUT2D eigenvalue weighted by atomic mass is 9.89. The van der Waals surface area contributed by atoms with Crippen molar-refractivity contribution in [2.75, 3.05) is 26.2 Å². The number of rotatable bonds is 8. The molecule has 18 heavy (non-hydrogen) atoms. The number of nitriles is 1. The van der Waals surface area contributed by atoms with Crippen molar-refractivity contribution in [3.63, 3.8) is 0 Å². The molecule has 1 aliphatic rings. The van der Waals surface area contributed by atoms with Crippen LogP contribution in [0, 0.1) is 16.7 Å². The Balaban J connectivity index is 2.23. The number of unbranched alkanes of at least 4 members (excludes halogenated alkanes) is 1. The molecule has 1 aliphatic heterocycles. The van der Waals surface area contributed by atoms with E-state index in [9.17, 15) is 0 Å². The third-order valence-electron chi connectivity index (χ3n) is 3.86. The summed E-state index contributed by atoms with van der Waals surface area (Å²) < 4.78 is 0. The van der Waals surface area contributed by atoms with Crippen LogP contribution in [0.5, 0.6) is 0 Å². The first-order valence-electron chi connectivity index (χ1n) is 7.45. The lowest BCUT2D eigenvalue weighted by Crippen LogP contribution is -2.38. The van der Waals surface area contributed by atoms with Crippen molar-refractivity contribution in [3.8, 4) is 6.07 Å². The molecule has 1 N–H and O–H groups in total. The SMILES string of the molecule is CCCN(CCCCC(C)(C)C#N)C1CCNC1. The third kappa shape index (κ3) is 5.37. The van der Waals surface area contributed by atoms with Gasteiger partial charge in [-0.2, -0.15) is 5.26 Å². The topological polar surface area (TPSA) is 39.1 Å². The largest absolute Gasteiger partial charge is 0.315 e. The minimum Gasteiger partial charge on any atom is -0.315 e. The molecule has 0 spiro atoms. The fraction of sp³-hybridized carbons (Fsp3) is 0.933. The quantitative estimate of drug-likeness (QED) is 0.674. The molecule has 3 heteroatoms. The second-order valence-corrected chi connectivity index (χ2v) is 6.14. The molecule has 0 aromatic carbocycles. The Morgan fingerprint density at radius 3 is 2.67 bits per heavy atom. The van der Waals surface area contributed by atoms with Gasteiger partial charge in [0.25, 0.3) is 0 Å². The fourth-order valence-electron chi connectivity index (χ4n) is 2.65. The molecule has 104 valence electrons. The molecule has 1 unspecified atom stereocenters. The molecular weight excluding hydrogens is 222 g/mol. The highest BCUT2D eigenvalue weighted by molar-refractivity contribution is 4.91. The second-order valence-electron chi connectivity index (χ2n) is 6.14. The summed E-state index contributed by atoms with van der Waals surface area (Å²) in [4.78, 5) is 2.64. The van der Waals surface area contributed by atoms with Crippen molar-refractivity contribution in [1.29, 1.82) is 5.26 Å². The van der Waals surface area contributed by atoms with Gasteiger partial charge < -0.3 is 5.32 Å². The molecule has 0 aliphatic carbocycles. The van der Waals surface area contributed by atoms with Crippen LogP contribution in [0.2, 0.25) is 0 Å². The van der Waals surface area contributed by atoms with Gasteiger partial charge in [-0.25, -0.2) is 0 Å². The molecular formula is C15H29N3. The summed E-state index contributed by atoms with van der Waals surface area (Å²) in [5.41, 5.74) is -0.148. The van der Waals surface area contributed by atoms with Crippen LogP contribution in [0.1, 0.15) is 52.9 Å². The van der Waals surface area contributed by atoms with E-state index < -0.39 is 0 Å². The summed E-state index contributed by atoms with van der Waals surface area (Å²) in [6, 6.07) is 3.13. The maximum atomic E-state index is 8.99. The predicted octanol–water partition coefficient (Wildman–Crippen LogP) is 2.78. The smallest absolute Gasteiger partial charge is 0.0683 e. The van der Waals surface area contributed by atoms with Crippen LogP contribution < -0.4 is 5.32 Å². The molecule has 1 heterocycles. The minimum absolute atomic E-state index is 0.148. The summed E-state index contributed by atoms with van der Waals surface area (Å²) in [5.74, 6) is 0. The zero-order valence-corrected chi connectivity index (χ0v) is 12.3. The van der Waals surface area contributed by atoms with Crippen molar-refractivity contribution >= 4 is 0 Å². The number of hydrogen-bond donors (Lipinski definition) is 1. The Morgan fingerprint density at radius 2 is 2.11 bits per heavy atom. The Hall–Kier alpha value is -0.590.